The van der Waals surface area contributed by atoms with Gasteiger partial charge in [0.2, 0.25) is 0 Å². The Kier molecular flexibility index (Phi) is 10.5. The van der Waals surface area contributed by atoms with Crippen LogP contribution in [0.3, 0.4) is 0 Å². The highest BCUT2D eigenvalue weighted by Gasteiger charge is 2.07. The fourth-order valence-electron chi connectivity index (χ4n) is 0.295. The van der Waals surface area contributed by atoms with Gasteiger partial charge in [0.05, 0.1) is 7.11 Å². The molecule has 0 saturated heterocycles. The number of carbonyl (C=O) groups excluding carboxylic acids is 1. The standard InChI is InChI=1S/C5H11NO2.C2H5N/c1-4(6-2)5(7)8-3;1-3-2/h4,6H,1-3H3;1H2,2H3. The van der Waals surface area contributed by atoms with Gasteiger partial charge in [-0.2, -0.15) is 0 Å². The normalized spacial score (nSPS) is 10.5. The molecule has 4 heteroatoms. The van der Waals surface area contributed by atoms with Crippen molar-refractivity contribution in [3.63, 3.8) is 0 Å². The largest absolute Gasteiger partial charge is 0.468 e. The van der Waals surface area contributed by atoms with E-state index in [2.05, 4.69) is 21.8 Å². The Bertz CT molecular complexity index is 115. The first-order chi connectivity index (χ1) is 5.13. The van der Waals surface area contributed by atoms with E-state index >= 15 is 0 Å². The van der Waals surface area contributed by atoms with Crippen LogP contribution in [0.5, 0.6) is 0 Å². The summed E-state index contributed by atoms with van der Waals surface area (Å²) in [6.45, 7) is 4.85. The Morgan fingerprint density at radius 3 is 2.18 bits per heavy atom. The van der Waals surface area contributed by atoms with Gasteiger partial charge in [0.1, 0.15) is 6.04 Å². The molecule has 0 amide bonds. The van der Waals surface area contributed by atoms with Crippen LogP contribution in [0, 0.1) is 0 Å². The van der Waals surface area contributed by atoms with Crippen LogP contribution in [0.2, 0.25) is 0 Å². The number of hydrogen-bond acceptors (Lipinski definition) is 4. The fourth-order valence-corrected chi connectivity index (χ4v) is 0.295. The van der Waals surface area contributed by atoms with Gasteiger partial charge in [0.25, 0.3) is 0 Å². The van der Waals surface area contributed by atoms with Crippen LogP contribution in [0.4, 0.5) is 0 Å². The molecule has 0 bridgehead atoms. The van der Waals surface area contributed by atoms with E-state index < -0.39 is 0 Å². The van der Waals surface area contributed by atoms with Gasteiger partial charge < -0.3 is 15.0 Å². The molecule has 0 aliphatic carbocycles. The van der Waals surface area contributed by atoms with Crippen molar-refractivity contribution in [1.82, 2.24) is 5.32 Å². The van der Waals surface area contributed by atoms with Gasteiger partial charge in [0.15, 0.2) is 0 Å². The summed E-state index contributed by atoms with van der Waals surface area (Å²) < 4.78 is 4.40. The average molecular weight is 160 g/mol. The second-order valence-electron chi connectivity index (χ2n) is 1.85. The van der Waals surface area contributed by atoms with E-state index in [9.17, 15) is 4.79 Å². The minimum Gasteiger partial charge on any atom is -0.468 e. The number of aliphatic imine (C=N–C) groups is 1. The molecule has 0 fully saturated rings. The molecule has 0 aromatic carbocycles. The predicted molar refractivity (Wildman–Crippen MR) is 46.0 cm³/mol. The highest BCUT2D eigenvalue weighted by Crippen LogP contribution is 1.81. The SMILES string of the molecule is C=NC.CNC(C)C(=O)OC. The molecule has 1 N–H and O–H groups in total. The van der Waals surface area contributed by atoms with E-state index in [0.717, 1.165) is 0 Å². The molecule has 0 radical (unpaired) electrons. The van der Waals surface area contributed by atoms with E-state index in [1.807, 2.05) is 0 Å². The second-order valence-corrected chi connectivity index (χ2v) is 1.85. The first kappa shape index (κ1) is 12.7. The number of likely N-dealkylation sites (N-methyl/N-ethyl adjacent to an activating group) is 1. The van der Waals surface area contributed by atoms with Crippen LogP contribution in [-0.4, -0.2) is 39.9 Å². The van der Waals surface area contributed by atoms with Crippen molar-refractivity contribution in [3.05, 3.63) is 0 Å². The smallest absolute Gasteiger partial charge is 0.322 e. The quantitative estimate of drug-likeness (QED) is 0.460. The third-order valence-corrected chi connectivity index (χ3v) is 0.988. The number of carbonyl (C=O) groups is 1. The summed E-state index contributed by atoms with van der Waals surface area (Å²) in [5.41, 5.74) is 0. The van der Waals surface area contributed by atoms with Crippen molar-refractivity contribution < 1.29 is 9.53 Å². The summed E-state index contributed by atoms with van der Waals surface area (Å²) in [4.78, 5) is 13.7. The number of methoxy groups -OCH3 is 1. The molecular formula is C7H16N2O2. The second kappa shape index (κ2) is 9.10. The summed E-state index contributed by atoms with van der Waals surface area (Å²) in [6, 6.07) is -0.194. The lowest BCUT2D eigenvalue weighted by Gasteiger charge is -2.04. The van der Waals surface area contributed by atoms with Gasteiger partial charge in [0, 0.05) is 7.05 Å². The molecule has 1 atom stereocenters. The Labute approximate surface area is 67.7 Å². The Morgan fingerprint density at radius 1 is 1.73 bits per heavy atom. The minimum atomic E-state index is -0.229. The zero-order valence-corrected chi connectivity index (χ0v) is 7.55. The van der Waals surface area contributed by atoms with Crippen molar-refractivity contribution in [2.45, 2.75) is 13.0 Å². The molecule has 4 nitrogen and oxygen atoms in total. The molecule has 0 spiro atoms. The van der Waals surface area contributed by atoms with Crippen LogP contribution < -0.4 is 5.32 Å². The molecule has 0 aliphatic heterocycles. The summed E-state index contributed by atoms with van der Waals surface area (Å²) >= 11 is 0. The highest BCUT2D eigenvalue weighted by molar-refractivity contribution is 5.74. The number of nitrogens with zero attached hydrogens (tertiary/aromatic N) is 1. The van der Waals surface area contributed by atoms with Crippen molar-refractivity contribution in [1.29, 1.82) is 0 Å². The van der Waals surface area contributed by atoms with Crippen molar-refractivity contribution in [2.24, 2.45) is 4.99 Å². The number of rotatable bonds is 2. The first-order valence-corrected chi connectivity index (χ1v) is 3.23. The third-order valence-electron chi connectivity index (χ3n) is 0.988. The maximum atomic E-state index is 10.5. The van der Waals surface area contributed by atoms with E-state index in [1.165, 1.54) is 7.11 Å². The molecule has 66 valence electrons. The van der Waals surface area contributed by atoms with Gasteiger partial charge >= 0.3 is 5.97 Å². The van der Waals surface area contributed by atoms with E-state index in [1.54, 1.807) is 21.0 Å². The summed E-state index contributed by atoms with van der Waals surface area (Å²) in [5, 5.41) is 2.74. The Hall–Kier alpha value is -0.900. The van der Waals surface area contributed by atoms with Crippen LogP contribution in [0.1, 0.15) is 6.92 Å². The molecule has 0 heterocycles. The third kappa shape index (κ3) is 9.10. The first-order valence-electron chi connectivity index (χ1n) is 3.23. The average Bonchev–Trinajstić information content (AvgIpc) is 2.03. The van der Waals surface area contributed by atoms with Gasteiger partial charge in [-0.3, -0.25) is 4.79 Å². The molecule has 0 saturated carbocycles. The monoisotopic (exact) mass is 160 g/mol. The molecule has 0 aromatic heterocycles. The highest BCUT2D eigenvalue weighted by atomic mass is 16.5. The van der Waals surface area contributed by atoms with Gasteiger partial charge in [-0.05, 0) is 20.7 Å². The summed E-state index contributed by atoms with van der Waals surface area (Å²) in [5.74, 6) is -0.229. The van der Waals surface area contributed by atoms with Crippen LogP contribution in [-0.2, 0) is 9.53 Å². The van der Waals surface area contributed by atoms with Crippen LogP contribution in [0.25, 0.3) is 0 Å². The van der Waals surface area contributed by atoms with E-state index in [-0.39, 0.29) is 12.0 Å². The minimum absolute atomic E-state index is 0.194. The Morgan fingerprint density at radius 2 is 2.09 bits per heavy atom. The molecule has 0 aromatic rings. The fraction of sp³-hybridized carbons (Fsp3) is 0.714. The maximum absolute atomic E-state index is 10.5. The molecule has 1 unspecified atom stereocenters. The zero-order valence-electron chi connectivity index (χ0n) is 7.55. The van der Waals surface area contributed by atoms with E-state index in [4.69, 9.17) is 0 Å². The topological polar surface area (TPSA) is 50.7 Å². The summed E-state index contributed by atoms with van der Waals surface area (Å²) in [6.07, 6.45) is 0. The van der Waals surface area contributed by atoms with Crippen LogP contribution >= 0.6 is 0 Å². The Balaban J connectivity index is 0. The number of nitrogens with one attached hydrogen (secondary N) is 1. The van der Waals surface area contributed by atoms with Crippen LogP contribution in [0.15, 0.2) is 4.99 Å². The van der Waals surface area contributed by atoms with Crippen molar-refractivity contribution in [2.75, 3.05) is 21.2 Å². The molecule has 0 aliphatic rings. The predicted octanol–water partition coefficient (Wildman–Crippen LogP) is 0.0841. The number of esters is 1. The molecule has 11 heavy (non-hydrogen) atoms. The lowest BCUT2D eigenvalue weighted by Crippen LogP contribution is -2.31. The lowest BCUT2D eigenvalue weighted by atomic mass is 10.4. The number of hydrogen-bond donors (Lipinski definition) is 1. The maximum Gasteiger partial charge on any atom is 0.322 e. The van der Waals surface area contributed by atoms with Crippen molar-refractivity contribution >= 4 is 12.7 Å². The molecular weight excluding hydrogens is 144 g/mol. The lowest BCUT2D eigenvalue weighted by molar-refractivity contribution is -0.142. The molecule has 0 rings (SSSR count). The summed E-state index contributed by atoms with van der Waals surface area (Å²) in [7, 11) is 4.72. The van der Waals surface area contributed by atoms with Crippen molar-refractivity contribution in [3.8, 4) is 0 Å². The van der Waals surface area contributed by atoms with Gasteiger partial charge in [-0.1, -0.05) is 0 Å². The number of ether oxygens (including phenoxy) is 1. The van der Waals surface area contributed by atoms with Gasteiger partial charge in [-0.25, -0.2) is 0 Å². The van der Waals surface area contributed by atoms with Gasteiger partial charge in [-0.15, -0.1) is 0 Å². The van der Waals surface area contributed by atoms with E-state index in [0.29, 0.717) is 0 Å². The zero-order chi connectivity index (χ0) is 9.28.